The fourth-order valence-electron chi connectivity index (χ4n) is 2.35. The highest BCUT2D eigenvalue weighted by molar-refractivity contribution is 8.15. The van der Waals surface area contributed by atoms with Gasteiger partial charge in [0.25, 0.3) is 5.91 Å². The number of halogens is 1. The van der Waals surface area contributed by atoms with Crippen molar-refractivity contribution >= 4 is 40.5 Å². The molecular formula is C14H14FN5O4S. The summed E-state index contributed by atoms with van der Waals surface area (Å²) >= 11 is 1.13. The Labute approximate surface area is 145 Å². The molecule has 0 unspecified atom stereocenters. The SMILES string of the molecule is NC(=O)NC[C@H]1CN(c2ccc(C3=NNC(=O)CS3)c(F)c2)C(=O)O1. The van der Waals surface area contributed by atoms with Crippen LogP contribution in [-0.4, -0.2) is 48.0 Å². The Morgan fingerprint density at radius 1 is 1.52 bits per heavy atom. The molecule has 2 aliphatic heterocycles. The van der Waals surface area contributed by atoms with Crippen LogP contribution < -0.4 is 21.4 Å². The molecule has 0 saturated carbocycles. The third-order valence-corrected chi connectivity index (χ3v) is 4.49. The summed E-state index contributed by atoms with van der Waals surface area (Å²) in [5.41, 5.74) is 7.82. The molecule has 4 amide bonds. The van der Waals surface area contributed by atoms with E-state index < -0.39 is 24.0 Å². The molecule has 11 heteroatoms. The first-order valence-electron chi connectivity index (χ1n) is 7.24. The lowest BCUT2D eigenvalue weighted by atomic mass is 10.2. The first-order valence-corrected chi connectivity index (χ1v) is 8.23. The number of urea groups is 1. The summed E-state index contributed by atoms with van der Waals surface area (Å²) in [7, 11) is 0. The van der Waals surface area contributed by atoms with E-state index in [1.807, 2.05) is 0 Å². The average molecular weight is 367 g/mol. The van der Waals surface area contributed by atoms with E-state index in [-0.39, 0.29) is 30.3 Å². The predicted octanol–water partition coefficient (Wildman–Crippen LogP) is 0.344. The molecule has 1 aromatic carbocycles. The maximum absolute atomic E-state index is 14.4. The molecule has 4 N–H and O–H groups in total. The van der Waals surface area contributed by atoms with Crippen molar-refractivity contribution in [1.29, 1.82) is 0 Å². The number of nitrogens with two attached hydrogens (primary N) is 1. The first kappa shape index (κ1) is 17.0. The molecule has 132 valence electrons. The van der Waals surface area contributed by atoms with E-state index >= 15 is 0 Å². The number of thioether (sulfide) groups is 1. The lowest BCUT2D eigenvalue weighted by molar-refractivity contribution is -0.118. The highest BCUT2D eigenvalue weighted by Gasteiger charge is 2.33. The Kier molecular flexibility index (Phi) is 4.74. The fourth-order valence-corrected chi connectivity index (χ4v) is 3.11. The predicted molar refractivity (Wildman–Crippen MR) is 88.7 cm³/mol. The van der Waals surface area contributed by atoms with Gasteiger partial charge < -0.3 is 15.8 Å². The normalized spacial score (nSPS) is 20.0. The van der Waals surface area contributed by atoms with E-state index in [1.54, 1.807) is 6.07 Å². The maximum atomic E-state index is 14.4. The number of primary amides is 1. The highest BCUT2D eigenvalue weighted by Crippen LogP contribution is 2.26. The number of benzene rings is 1. The van der Waals surface area contributed by atoms with Crippen LogP contribution in [0.15, 0.2) is 23.3 Å². The van der Waals surface area contributed by atoms with Gasteiger partial charge in [0.05, 0.1) is 24.5 Å². The van der Waals surface area contributed by atoms with E-state index in [0.717, 1.165) is 11.8 Å². The van der Waals surface area contributed by atoms with Gasteiger partial charge in [-0.15, -0.1) is 0 Å². The molecule has 0 bridgehead atoms. The minimum absolute atomic E-state index is 0.0747. The number of amides is 4. The minimum Gasteiger partial charge on any atom is -0.442 e. The Morgan fingerprint density at radius 2 is 2.32 bits per heavy atom. The van der Waals surface area contributed by atoms with Crippen molar-refractivity contribution < 1.29 is 23.5 Å². The third-order valence-electron chi connectivity index (χ3n) is 3.49. The topological polar surface area (TPSA) is 126 Å². The van der Waals surface area contributed by atoms with Gasteiger partial charge in [-0.25, -0.2) is 19.4 Å². The van der Waals surface area contributed by atoms with Crippen molar-refractivity contribution in [2.45, 2.75) is 6.10 Å². The van der Waals surface area contributed by atoms with E-state index in [4.69, 9.17) is 10.5 Å². The Bertz CT molecular complexity index is 772. The van der Waals surface area contributed by atoms with E-state index in [9.17, 15) is 18.8 Å². The smallest absolute Gasteiger partial charge is 0.414 e. The van der Waals surface area contributed by atoms with Crippen molar-refractivity contribution in [2.24, 2.45) is 10.8 Å². The number of carbonyl (C=O) groups excluding carboxylic acids is 3. The van der Waals surface area contributed by atoms with Gasteiger partial charge in [-0.2, -0.15) is 5.10 Å². The number of ether oxygens (including phenoxy) is 1. The Hall–Kier alpha value is -2.82. The average Bonchev–Trinajstić information content (AvgIpc) is 2.95. The highest BCUT2D eigenvalue weighted by atomic mass is 32.2. The second kappa shape index (κ2) is 6.97. The van der Waals surface area contributed by atoms with Crippen LogP contribution in [0, 0.1) is 5.82 Å². The molecule has 9 nitrogen and oxygen atoms in total. The summed E-state index contributed by atoms with van der Waals surface area (Å²) in [5, 5.41) is 6.53. The Morgan fingerprint density at radius 3 is 2.96 bits per heavy atom. The molecule has 3 rings (SSSR count). The summed E-state index contributed by atoms with van der Waals surface area (Å²) in [6.45, 7) is 0.231. The lowest BCUT2D eigenvalue weighted by Gasteiger charge is -2.16. The van der Waals surface area contributed by atoms with Crippen molar-refractivity contribution in [2.75, 3.05) is 23.7 Å². The molecule has 1 fully saturated rings. The minimum atomic E-state index is -0.720. The molecule has 2 heterocycles. The number of hydrogen-bond donors (Lipinski definition) is 3. The van der Waals surface area contributed by atoms with Crippen molar-refractivity contribution in [3.05, 3.63) is 29.6 Å². The Balaban J connectivity index is 1.73. The van der Waals surface area contributed by atoms with E-state index in [2.05, 4.69) is 15.8 Å². The largest absolute Gasteiger partial charge is 0.442 e. The third kappa shape index (κ3) is 3.82. The van der Waals surface area contributed by atoms with Gasteiger partial charge in [-0.05, 0) is 18.2 Å². The summed E-state index contributed by atoms with van der Waals surface area (Å²) in [4.78, 5) is 35.0. The van der Waals surface area contributed by atoms with Gasteiger partial charge in [0.2, 0.25) is 0 Å². The monoisotopic (exact) mass is 367 g/mol. The van der Waals surface area contributed by atoms with Gasteiger partial charge >= 0.3 is 12.1 Å². The summed E-state index contributed by atoms with van der Waals surface area (Å²) < 4.78 is 19.5. The molecule has 2 aliphatic rings. The lowest BCUT2D eigenvalue weighted by Crippen LogP contribution is -2.37. The molecule has 1 aromatic rings. The van der Waals surface area contributed by atoms with Crippen LogP contribution >= 0.6 is 11.8 Å². The van der Waals surface area contributed by atoms with Crippen LogP contribution in [0.4, 0.5) is 19.7 Å². The quantitative estimate of drug-likeness (QED) is 0.708. The van der Waals surface area contributed by atoms with Crippen molar-refractivity contribution in [3.8, 4) is 0 Å². The van der Waals surface area contributed by atoms with Gasteiger partial charge in [0.15, 0.2) is 0 Å². The summed E-state index contributed by atoms with van der Waals surface area (Å²) in [6, 6.07) is 3.52. The van der Waals surface area contributed by atoms with Crippen molar-refractivity contribution in [1.82, 2.24) is 10.7 Å². The molecule has 25 heavy (non-hydrogen) atoms. The molecule has 1 saturated heterocycles. The zero-order chi connectivity index (χ0) is 18.0. The molecule has 0 radical (unpaired) electrons. The van der Waals surface area contributed by atoms with E-state index in [0.29, 0.717) is 10.7 Å². The second-order valence-electron chi connectivity index (χ2n) is 5.27. The molecule has 0 aliphatic carbocycles. The van der Waals surface area contributed by atoms with Crippen LogP contribution in [0.5, 0.6) is 0 Å². The zero-order valence-corrected chi connectivity index (χ0v) is 13.6. The number of nitrogens with one attached hydrogen (secondary N) is 2. The maximum Gasteiger partial charge on any atom is 0.414 e. The van der Waals surface area contributed by atoms with Crippen molar-refractivity contribution in [3.63, 3.8) is 0 Å². The van der Waals surface area contributed by atoms with Crippen LogP contribution in [0.2, 0.25) is 0 Å². The molecular weight excluding hydrogens is 353 g/mol. The number of hydrazone groups is 1. The summed E-state index contributed by atoms with van der Waals surface area (Å²) in [5.74, 6) is -0.667. The van der Waals surface area contributed by atoms with Gasteiger partial charge in [-0.1, -0.05) is 11.8 Å². The number of anilines is 1. The van der Waals surface area contributed by atoms with Gasteiger partial charge in [0, 0.05) is 5.56 Å². The molecule has 1 atom stereocenters. The van der Waals surface area contributed by atoms with Crippen LogP contribution in [0.1, 0.15) is 5.56 Å². The standard InChI is InChI=1S/C14H14FN5O4S/c15-10-3-7(1-2-9(10)12-19-18-11(21)6-25-12)20-5-8(24-14(20)23)4-17-13(16)22/h1-3,8H,4-6H2,(H,18,21)(H3,16,17,22)/t8-/m0/s1. The first-order chi connectivity index (χ1) is 11.9. The fraction of sp³-hybridized carbons (Fsp3) is 0.286. The van der Waals surface area contributed by atoms with E-state index in [1.165, 1.54) is 17.0 Å². The molecule has 0 aromatic heterocycles. The number of cyclic esters (lactones) is 1. The summed E-state index contributed by atoms with van der Waals surface area (Å²) in [6.07, 6.45) is -1.21. The second-order valence-corrected chi connectivity index (χ2v) is 6.23. The van der Waals surface area contributed by atoms with Crippen LogP contribution in [-0.2, 0) is 9.53 Å². The van der Waals surface area contributed by atoms with Gasteiger partial charge in [0.1, 0.15) is 17.0 Å². The zero-order valence-electron chi connectivity index (χ0n) is 12.8. The number of nitrogens with zero attached hydrogens (tertiary/aromatic N) is 2. The number of hydrogen-bond acceptors (Lipinski definition) is 6. The number of rotatable bonds is 4. The van der Waals surface area contributed by atoms with Crippen LogP contribution in [0.3, 0.4) is 0 Å². The molecule has 0 spiro atoms. The number of carbonyl (C=O) groups is 3. The van der Waals surface area contributed by atoms with Gasteiger partial charge in [-0.3, -0.25) is 9.69 Å². The van der Waals surface area contributed by atoms with Crippen LogP contribution in [0.25, 0.3) is 0 Å².